The van der Waals surface area contributed by atoms with Gasteiger partial charge >= 0.3 is 5.97 Å². The lowest BCUT2D eigenvalue weighted by Crippen LogP contribution is -2.42. The minimum Gasteiger partial charge on any atom is -0.468 e. The lowest BCUT2D eigenvalue weighted by atomic mass is 9.99. The van der Waals surface area contributed by atoms with Gasteiger partial charge in [0.15, 0.2) is 0 Å². The molecular formula is C13H23N3O2. The van der Waals surface area contributed by atoms with Gasteiger partial charge in [-0.1, -0.05) is 20.3 Å². The van der Waals surface area contributed by atoms with Gasteiger partial charge in [0.1, 0.15) is 6.04 Å². The second-order valence-corrected chi connectivity index (χ2v) is 4.41. The average molecular weight is 253 g/mol. The molecule has 2 unspecified atom stereocenters. The van der Waals surface area contributed by atoms with E-state index in [0.717, 1.165) is 18.7 Å². The molecule has 0 bridgehead atoms. The number of carbonyl (C=O) groups is 1. The van der Waals surface area contributed by atoms with E-state index in [1.807, 2.05) is 24.6 Å². The van der Waals surface area contributed by atoms with Crippen LogP contribution in [-0.4, -0.2) is 28.9 Å². The van der Waals surface area contributed by atoms with Crippen LogP contribution in [0.3, 0.4) is 0 Å². The summed E-state index contributed by atoms with van der Waals surface area (Å²) in [4.78, 5) is 11.7. The fourth-order valence-electron chi connectivity index (χ4n) is 1.89. The molecule has 0 saturated carbocycles. The molecule has 1 rings (SSSR count). The molecule has 0 aliphatic carbocycles. The SMILES string of the molecule is CCC(C)C(NCc1ccnn1CC)C(=O)OC. The van der Waals surface area contributed by atoms with Crippen molar-refractivity contribution in [3.8, 4) is 0 Å². The van der Waals surface area contributed by atoms with Crippen LogP contribution in [0.4, 0.5) is 0 Å². The van der Waals surface area contributed by atoms with Crippen molar-refractivity contribution in [2.45, 2.75) is 46.3 Å². The number of nitrogens with one attached hydrogen (secondary N) is 1. The number of hydrogen-bond donors (Lipinski definition) is 1. The van der Waals surface area contributed by atoms with Crippen LogP contribution in [0.15, 0.2) is 12.3 Å². The predicted octanol–water partition coefficient (Wildman–Crippen LogP) is 1.58. The Kier molecular flexibility index (Phi) is 5.85. The maximum Gasteiger partial charge on any atom is 0.323 e. The molecule has 0 amide bonds. The smallest absolute Gasteiger partial charge is 0.323 e. The summed E-state index contributed by atoms with van der Waals surface area (Å²) < 4.78 is 6.75. The van der Waals surface area contributed by atoms with Crippen molar-refractivity contribution < 1.29 is 9.53 Å². The van der Waals surface area contributed by atoms with E-state index in [-0.39, 0.29) is 17.9 Å². The van der Waals surface area contributed by atoms with Crippen molar-refractivity contribution in [2.75, 3.05) is 7.11 Å². The van der Waals surface area contributed by atoms with E-state index < -0.39 is 0 Å². The van der Waals surface area contributed by atoms with Crippen LogP contribution in [0.2, 0.25) is 0 Å². The van der Waals surface area contributed by atoms with Crippen molar-refractivity contribution in [1.82, 2.24) is 15.1 Å². The van der Waals surface area contributed by atoms with Gasteiger partial charge in [-0.05, 0) is 18.9 Å². The summed E-state index contributed by atoms with van der Waals surface area (Å²) in [5.41, 5.74) is 1.08. The van der Waals surface area contributed by atoms with E-state index in [0.29, 0.717) is 6.54 Å². The molecule has 18 heavy (non-hydrogen) atoms. The van der Waals surface area contributed by atoms with Crippen LogP contribution >= 0.6 is 0 Å². The van der Waals surface area contributed by atoms with E-state index in [9.17, 15) is 4.79 Å². The number of methoxy groups -OCH3 is 1. The van der Waals surface area contributed by atoms with E-state index >= 15 is 0 Å². The van der Waals surface area contributed by atoms with Gasteiger partial charge in [0.2, 0.25) is 0 Å². The highest BCUT2D eigenvalue weighted by atomic mass is 16.5. The first kappa shape index (κ1) is 14.7. The molecule has 0 aliphatic rings. The van der Waals surface area contributed by atoms with E-state index in [2.05, 4.69) is 17.3 Å². The molecule has 0 radical (unpaired) electrons. The number of esters is 1. The van der Waals surface area contributed by atoms with Gasteiger partial charge in [-0.15, -0.1) is 0 Å². The Balaban J connectivity index is 2.64. The summed E-state index contributed by atoms with van der Waals surface area (Å²) in [6, 6.07) is 1.70. The van der Waals surface area contributed by atoms with Crippen molar-refractivity contribution >= 4 is 5.97 Å². The van der Waals surface area contributed by atoms with Crippen LogP contribution in [0, 0.1) is 5.92 Å². The van der Waals surface area contributed by atoms with E-state index in [1.165, 1.54) is 7.11 Å². The molecule has 2 atom stereocenters. The second kappa shape index (κ2) is 7.16. The van der Waals surface area contributed by atoms with Crippen LogP contribution in [0.1, 0.15) is 32.9 Å². The molecule has 5 heteroatoms. The molecule has 1 heterocycles. The first-order chi connectivity index (χ1) is 8.63. The van der Waals surface area contributed by atoms with Crippen LogP contribution in [0.25, 0.3) is 0 Å². The Labute approximate surface area is 109 Å². The van der Waals surface area contributed by atoms with E-state index in [4.69, 9.17) is 4.74 Å². The molecule has 0 aromatic carbocycles. The predicted molar refractivity (Wildman–Crippen MR) is 70.0 cm³/mol. The Bertz CT molecular complexity index is 376. The summed E-state index contributed by atoms with van der Waals surface area (Å²) >= 11 is 0. The maximum atomic E-state index is 11.7. The Morgan fingerprint density at radius 2 is 2.28 bits per heavy atom. The molecule has 0 fully saturated rings. The number of carbonyl (C=O) groups excluding carboxylic acids is 1. The number of rotatable bonds is 7. The maximum absolute atomic E-state index is 11.7. The Morgan fingerprint density at radius 3 is 2.83 bits per heavy atom. The molecule has 1 N–H and O–H groups in total. The molecule has 0 spiro atoms. The van der Waals surface area contributed by atoms with Gasteiger partial charge in [0.05, 0.1) is 12.8 Å². The van der Waals surface area contributed by atoms with Crippen molar-refractivity contribution in [3.05, 3.63) is 18.0 Å². The van der Waals surface area contributed by atoms with Crippen molar-refractivity contribution in [3.63, 3.8) is 0 Å². The molecule has 0 aliphatic heterocycles. The number of ether oxygens (including phenoxy) is 1. The highest BCUT2D eigenvalue weighted by Crippen LogP contribution is 2.10. The quantitative estimate of drug-likeness (QED) is 0.750. The monoisotopic (exact) mass is 253 g/mol. The molecule has 1 aromatic heterocycles. The summed E-state index contributed by atoms with van der Waals surface area (Å²) in [7, 11) is 1.43. The summed E-state index contributed by atoms with van der Waals surface area (Å²) in [6.07, 6.45) is 2.71. The van der Waals surface area contributed by atoms with Crippen LogP contribution < -0.4 is 5.32 Å². The van der Waals surface area contributed by atoms with Gasteiger partial charge in [0.25, 0.3) is 0 Å². The standard InChI is InChI=1S/C13H23N3O2/c1-5-10(3)12(13(17)18-4)14-9-11-7-8-15-16(11)6-2/h7-8,10,12,14H,5-6,9H2,1-4H3. The fraction of sp³-hybridized carbons (Fsp3) is 0.692. The largest absolute Gasteiger partial charge is 0.468 e. The number of hydrogen-bond acceptors (Lipinski definition) is 4. The zero-order valence-electron chi connectivity index (χ0n) is 11.6. The Hall–Kier alpha value is -1.36. The zero-order valence-corrected chi connectivity index (χ0v) is 11.6. The van der Waals surface area contributed by atoms with Crippen LogP contribution in [-0.2, 0) is 22.6 Å². The minimum absolute atomic E-state index is 0.202. The van der Waals surface area contributed by atoms with Gasteiger partial charge in [-0.3, -0.25) is 14.8 Å². The third kappa shape index (κ3) is 3.57. The minimum atomic E-state index is -0.264. The van der Waals surface area contributed by atoms with Gasteiger partial charge < -0.3 is 4.74 Å². The second-order valence-electron chi connectivity index (χ2n) is 4.41. The van der Waals surface area contributed by atoms with Gasteiger partial charge in [-0.2, -0.15) is 5.10 Å². The molecular weight excluding hydrogens is 230 g/mol. The number of nitrogens with zero attached hydrogens (tertiary/aromatic N) is 2. The molecule has 1 aromatic rings. The third-order valence-corrected chi connectivity index (χ3v) is 3.28. The Morgan fingerprint density at radius 1 is 1.56 bits per heavy atom. The lowest BCUT2D eigenvalue weighted by molar-refractivity contribution is -0.144. The first-order valence-corrected chi connectivity index (χ1v) is 6.45. The molecule has 0 saturated heterocycles. The van der Waals surface area contributed by atoms with Crippen molar-refractivity contribution in [1.29, 1.82) is 0 Å². The number of aryl methyl sites for hydroxylation is 1. The van der Waals surface area contributed by atoms with Gasteiger partial charge in [0, 0.05) is 19.3 Å². The topological polar surface area (TPSA) is 56.2 Å². The summed E-state index contributed by atoms with van der Waals surface area (Å²) in [5.74, 6) is 0.0439. The fourth-order valence-corrected chi connectivity index (χ4v) is 1.89. The normalized spacial score (nSPS) is 14.2. The van der Waals surface area contributed by atoms with Gasteiger partial charge in [-0.25, -0.2) is 0 Å². The number of aromatic nitrogens is 2. The highest BCUT2D eigenvalue weighted by Gasteiger charge is 2.24. The van der Waals surface area contributed by atoms with E-state index in [1.54, 1.807) is 6.20 Å². The first-order valence-electron chi connectivity index (χ1n) is 6.45. The summed E-state index contributed by atoms with van der Waals surface area (Å²) in [6.45, 7) is 7.61. The van der Waals surface area contributed by atoms with Crippen LogP contribution in [0.5, 0.6) is 0 Å². The zero-order chi connectivity index (χ0) is 13.5. The van der Waals surface area contributed by atoms with Crippen molar-refractivity contribution in [2.24, 2.45) is 5.92 Å². The molecule has 102 valence electrons. The highest BCUT2D eigenvalue weighted by molar-refractivity contribution is 5.75. The third-order valence-electron chi connectivity index (χ3n) is 3.28. The molecule has 5 nitrogen and oxygen atoms in total. The summed E-state index contributed by atoms with van der Waals surface area (Å²) in [5, 5.41) is 7.47. The lowest BCUT2D eigenvalue weighted by Gasteiger charge is -2.22. The average Bonchev–Trinajstić information content (AvgIpc) is 2.85.